The van der Waals surface area contributed by atoms with Gasteiger partial charge in [-0.3, -0.25) is 14.3 Å². The molecule has 0 spiro atoms. The molecular weight excluding hydrogens is 344 g/mol. The summed E-state index contributed by atoms with van der Waals surface area (Å²) in [5, 5.41) is 7.00. The van der Waals surface area contributed by atoms with Crippen LogP contribution in [0, 0.1) is 0 Å². The first-order valence-corrected chi connectivity index (χ1v) is 9.37. The summed E-state index contributed by atoms with van der Waals surface area (Å²) >= 11 is 0. The molecule has 0 unspecified atom stereocenters. The van der Waals surface area contributed by atoms with Gasteiger partial charge in [-0.25, -0.2) is 4.98 Å². The van der Waals surface area contributed by atoms with E-state index in [2.05, 4.69) is 27.2 Å². The molecule has 1 aliphatic rings. The molecule has 2 heterocycles. The number of primary amides is 1. The molecule has 1 aliphatic heterocycles. The molecule has 1 atom stereocenters. The average molecular weight is 370 g/mol. The largest absolute Gasteiger partial charge is 0.367 e. The van der Waals surface area contributed by atoms with Gasteiger partial charge in [0.25, 0.3) is 0 Å². The smallest absolute Gasteiger partial charge is 0.248 e. The van der Waals surface area contributed by atoms with Crippen LogP contribution in [-0.4, -0.2) is 39.2 Å². The summed E-state index contributed by atoms with van der Waals surface area (Å²) in [6.45, 7) is 3.75. The number of nitrogens with zero attached hydrogens (tertiary/aromatic N) is 4. The van der Waals surface area contributed by atoms with Gasteiger partial charge in [-0.15, -0.1) is 0 Å². The first-order valence-electron chi connectivity index (χ1n) is 9.37. The van der Waals surface area contributed by atoms with Crippen LogP contribution in [0.25, 0.3) is 0 Å². The van der Waals surface area contributed by atoms with Crippen molar-refractivity contribution in [3.63, 3.8) is 0 Å². The number of hydrogen-bond donors (Lipinski definition) is 2. The van der Waals surface area contributed by atoms with Crippen LogP contribution < -0.4 is 16.0 Å². The number of benzene rings is 1. The van der Waals surface area contributed by atoms with Crippen molar-refractivity contribution < 1.29 is 9.59 Å². The van der Waals surface area contributed by atoms with Gasteiger partial charge in [0.05, 0.1) is 11.4 Å². The topological polar surface area (TPSA) is 106 Å². The predicted molar refractivity (Wildman–Crippen MR) is 104 cm³/mol. The highest BCUT2D eigenvalue weighted by atomic mass is 16.2. The zero-order chi connectivity index (χ0) is 19.2. The molecule has 0 bridgehead atoms. The number of piperidine rings is 1. The van der Waals surface area contributed by atoms with Crippen molar-refractivity contribution in [2.75, 3.05) is 16.8 Å². The molecule has 0 aliphatic carbocycles. The lowest BCUT2D eigenvalue weighted by molar-refractivity contribution is -0.116. The minimum Gasteiger partial charge on any atom is -0.367 e. The number of nitrogens with one attached hydrogen (secondary N) is 1. The fourth-order valence-electron chi connectivity index (χ4n) is 3.46. The third kappa shape index (κ3) is 4.84. The molecule has 8 nitrogen and oxygen atoms in total. The minimum atomic E-state index is -0.505. The van der Waals surface area contributed by atoms with Gasteiger partial charge in [0.15, 0.2) is 0 Å². The second kappa shape index (κ2) is 8.66. The molecule has 1 aromatic carbocycles. The Morgan fingerprint density at radius 1 is 1.33 bits per heavy atom. The molecule has 8 heteroatoms. The maximum atomic E-state index is 12.4. The summed E-state index contributed by atoms with van der Waals surface area (Å²) in [5.41, 5.74) is 7.40. The second-order valence-corrected chi connectivity index (χ2v) is 6.94. The van der Waals surface area contributed by atoms with Gasteiger partial charge in [-0.1, -0.05) is 0 Å². The Labute approximate surface area is 158 Å². The molecule has 2 amide bonds. The molecule has 0 radical (unpaired) electrons. The Balaban J connectivity index is 1.71. The lowest BCUT2D eigenvalue weighted by Gasteiger charge is -2.36. The number of hydrogen-bond acceptors (Lipinski definition) is 5. The van der Waals surface area contributed by atoms with E-state index in [0.29, 0.717) is 36.7 Å². The van der Waals surface area contributed by atoms with Crippen LogP contribution in [0.4, 0.5) is 11.4 Å². The van der Waals surface area contributed by atoms with Crippen molar-refractivity contribution in [1.82, 2.24) is 14.8 Å². The van der Waals surface area contributed by atoms with E-state index in [1.807, 2.05) is 6.07 Å². The van der Waals surface area contributed by atoms with Gasteiger partial charge in [-0.2, -0.15) is 5.10 Å². The molecule has 144 valence electrons. The molecule has 2 aromatic rings. The normalized spacial score (nSPS) is 16.9. The SMILES string of the molecule is C[C@@H]1CCCCN1c1ccc(C(N)=O)cc1NC(=O)CCCn1cncn1. The Morgan fingerprint density at radius 2 is 2.19 bits per heavy atom. The first kappa shape index (κ1) is 18.9. The Hall–Kier alpha value is -2.90. The van der Waals surface area contributed by atoms with Gasteiger partial charge in [-0.05, 0) is 50.8 Å². The number of nitrogens with two attached hydrogens (primary N) is 1. The molecule has 1 fully saturated rings. The van der Waals surface area contributed by atoms with Crippen molar-refractivity contribution in [3.05, 3.63) is 36.4 Å². The molecule has 27 heavy (non-hydrogen) atoms. The summed E-state index contributed by atoms with van der Waals surface area (Å²) in [7, 11) is 0. The second-order valence-electron chi connectivity index (χ2n) is 6.94. The number of carbonyl (C=O) groups excluding carboxylic acids is 2. The highest BCUT2D eigenvalue weighted by Gasteiger charge is 2.22. The zero-order valence-electron chi connectivity index (χ0n) is 15.6. The Bertz CT molecular complexity index is 790. The highest BCUT2D eigenvalue weighted by molar-refractivity contribution is 5.99. The fourth-order valence-corrected chi connectivity index (χ4v) is 3.46. The maximum Gasteiger partial charge on any atom is 0.248 e. The van der Waals surface area contributed by atoms with E-state index >= 15 is 0 Å². The van der Waals surface area contributed by atoms with Crippen LogP contribution in [-0.2, 0) is 11.3 Å². The van der Waals surface area contributed by atoms with Crippen LogP contribution in [0.5, 0.6) is 0 Å². The zero-order valence-corrected chi connectivity index (χ0v) is 15.6. The quantitative estimate of drug-likeness (QED) is 0.777. The number of anilines is 2. The van der Waals surface area contributed by atoms with Crippen molar-refractivity contribution in [3.8, 4) is 0 Å². The summed E-state index contributed by atoms with van der Waals surface area (Å²) in [6, 6.07) is 5.67. The van der Waals surface area contributed by atoms with Gasteiger partial charge in [0.1, 0.15) is 12.7 Å². The number of aromatic nitrogens is 3. The van der Waals surface area contributed by atoms with E-state index in [1.54, 1.807) is 23.1 Å². The molecule has 3 N–H and O–H groups in total. The van der Waals surface area contributed by atoms with E-state index in [0.717, 1.165) is 25.1 Å². The monoisotopic (exact) mass is 370 g/mol. The predicted octanol–water partition coefficient (Wildman–Crippen LogP) is 2.17. The summed E-state index contributed by atoms with van der Waals surface area (Å²) in [6.07, 6.45) is 7.55. The van der Waals surface area contributed by atoms with Crippen molar-refractivity contribution >= 4 is 23.2 Å². The van der Waals surface area contributed by atoms with Gasteiger partial charge in [0, 0.05) is 31.1 Å². The third-order valence-electron chi connectivity index (χ3n) is 4.93. The lowest BCUT2D eigenvalue weighted by atomic mass is 10.0. The van der Waals surface area contributed by atoms with Gasteiger partial charge >= 0.3 is 0 Å². The number of carbonyl (C=O) groups is 2. The molecule has 1 saturated heterocycles. The fraction of sp³-hybridized carbons (Fsp3) is 0.474. The van der Waals surface area contributed by atoms with Crippen LogP contribution >= 0.6 is 0 Å². The first-order chi connectivity index (χ1) is 13.0. The van der Waals surface area contributed by atoms with Gasteiger partial charge < -0.3 is 16.0 Å². The summed E-state index contributed by atoms with van der Waals surface area (Å²) in [5.74, 6) is -0.599. The number of amides is 2. The van der Waals surface area contributed by atoms with E-state index < -0.39 is 5.91 Å². The summed E-state index contributed by atoms with van der Waals surface area (Å²) < 4.78 is 1.70. The van der Waals surface area contributed by atoms with Crippen molar-refractivity contribution in [1.29, 1.82) is 0 Å². The Morgan fingerprint density at radius 3 is 2.89 bits per heavy atom. The van der Waals surface area contributed by atoms with E-state index in [4.69, 9.17) is 5.73 Å². The van der Waals surface area contributed by atoms with E-state index in [9.17, 15) is 9.59 Å². The lowest BCUT2D eigenvalue weighted by Crippen LogP contribution is -2.38. The molecule has 1 aromatic heterocycles. The third-order valence-corrected chi connectivity index (χ3v) is 4.93. The van der Waals surface area contributed by atoms with Crippen molar-refractivity contribution in [2.24, 2.45) is 5.73 Å². The molecule has 3 rings (SSSR count). The summed E-state index contributed by atoms with van der Waals surface area (Å²) in [4.78, 5) is 30.2. The van der Waals surface area contributed by atoms with Crippen LogP contribution in [0.1, 0.15) is 49.4 Å². The average Bonchev–Trinajstić information content (AvgIpc) is 3.16. The highest BCUT2D eigenvalue weighted by Crippen LogP contribution is 2.32. The number of rotatable bonds is 7. The van der Waals surface area contributed by atoms with Crippen molar-refractivity contribution in [2.45, 2.75) is 51.6 Å². The standard InChI is InChI=1S/C19H26N6O2/c1-14-5-2-3-10-25(14)17-8-7-15(19(20)27)11-16(17)23-18(26)6-4-9-24-13-21-12-22-24/h7-8,11-14H,2-6,9-10H2,1H3,(H2,20,27)(H,23,26)/t14-/m1/s1. The molecule has 0 saturated carbocycles. The number of aryl methyl sites for hydroxylation is 1. The van der Waals surface area contributed by atoms with E-state index in [1.165, 1.54) is 12.7 Å². The van der Waals surface area contributed by atoms with Gasteiger partial charge in [0.2, 0.25) is 11.8 Å². The minimum absolute atomic E-state index is 0.0948. The maximum absolute atomic E-state index is 12.4. The van der Waals surface area contributed by atoms with Crippen LogP contribution in [0.3, 0.4) is 0 Å². The van der Waals surface area contributed by atoms with Crippen LogP contribution in [0.2, 0.25) is 0 Å². The molecular formula is C19H26N6O2. The Kier molecular flexibility index (Phi) is 6.05. The van der Waals surface area contributed by atoms with Crippen LogP contribution in [0.15, 0.2) is 30.9 Å². The van der Waals surface area contributed by atoms with E-state index in [-0.39, 0.29) is 5.91 Å².